The summed E-state index contributed by atoms with van der Waals surface area (Å²) in [4.78, 5) is 17.1. The summed E-state index contributed by atoms with van der Waals surface area (Å²) in [5.74, 6) is 2.33. The number of furan rings is 1. The van der Waals surface area contributed by atoms with Crippen molar-refractivity contribution in [1.82, 2.24) is 9.80 Å². The first-order valence-corrected chi connectivity index (χ1v) is 8.41. The lowest BCUT2D eigenvalue weighted by Crippen LogP contribution is -2.45. The molecule has 1 aromatic heterocycles. The summed E-state index contributed by atoms with van der Waals surface area (Å²) in [6.07, 6.45) is 3.44. The number of aryl methyl sites for hydroxylation is 1. The van der Waals surface area contributed by atoms with Crippen LogP contribution in [0.3, 0.4) is 0 Å². The van der Waals surface area contributed by atoms with E-state index in [1.165, 1.54) is 0 Å². The molecule has 22 heavy (non-hydrogen) atoms. The molecule has 0 unspecified atom stereocenters. The monoisotopic (exact) mass is 304 g/mol. The lowest BCUT2D eigenvalue weighted by Gasteiger charge is -2.32. The van der Waals surface area contributed by atoms with Gasteiger partial charge >= 0.3 is 0 Å². The Morgan fingerprint density at radius 3 is 2.82 bits per heavy atom. The second-order valence-corrected chi connectivity index (χ2v) is 6.88. The molecule has 5 heteroatoms. The summed E-state index contributed by atoms with van der Waals surface area (Å²) in [5, 5.41) is 0. The average molecular weight is 304 g/mol. The van der Waals surface area contributed by atoms with Crippen molar-refractivity contribution in [3.05, 3.63) is 23.7 Å². The van der Waals surface area contributed by atoms with Gasteiger partial charge in [0.15, 0.2) is 0 Å². The highest BCUT2D eigenvalue weighted by atomic mass is 16.5. The molecule has 3 atom stereocenters. The molecule has 0 radical (unpaired) electrons. The Hall–Kier alpha value is -1.33. The van der Waals surface area contributed by atoms with E-state index in [0.717, 1.165) is 63.5 Å². The Balaban J connectivity index is 1.40. The molecule has 3 fully saturated rings. The van der Waals surface area contributed by atoms with Crippen LogP contribution in [0.25, 0.3) is 0 Å². The third-order valence-corrected chi connectivity index (χ3v) is 5.14. The zero-order valence-corrected chi connectivity index (χ0v) is 13.2. The van der Waals surface area contributed by atoms with Crippen LogP contribution in [-0.4, -0.2) is 54.1 Å². The smallest absolute Gasteiger partial charge is 0.228 e. The Kier molecular flexibility index (Phi) is 3.70. The maximum Gasteiger partial charge on any atom is 0.228 e. The van der Waals surface area contributed by atoms with E-state index in [1.807, 2.05) is 24.0 Å². The fourth-order valence-electron chi connectivity index (χ4n) is 4.09. The van der Waals surface area contributed by atoms with Gasteiger partial charge in [0.05, 0.1) is 24.7 Å². The molecule has 1 aromatic rings. The predicted molar refractivity (Wildman–Crippen MR) is 81.3 cm³/mol. The molecule has 4 heterocycles. The summed E-state index contributed by atoms with van der Waals surface area (Å²) < 4.78 is 11.7. The molecule has 0 spiro atoms. The summed E-state index contributed by atoms with van der Waals surface area (Å²) in [5.41, 5.74) is 0. The van der Waals surface area contributed by atoms with Gasteiger partial charge in [-0.2, -0.15) is 0 Å². The van der Waals surface area contributed by atoms with Gasteiger partial charge in [-0.15, -0.1) is 0 Å². The maximum atomic E-state index is 12.7. The molecular weight excluding hydrogens is 280 g/mol. The minimum atomic E-state index is 0.0582. The van der Waals surface area contributed by atoms with Crippen molar-refractivity contribution in [1.29, 1.82) is 0 Å². The van der Waals surface area contributed by atoms with Crippen LogP contribution in [0.1, 0.15) is 30.8 Å². The second-order valence-electron chi connectivity index (χ2n) is 6.88. The quantitative estimate of drug-likeness (QED) is 0.854. The summed E-state index contributed by atoms with van der Waals surface area (Å²) in [6.45, 7) is 6.39. The first-order chi connectivity index (χ1) is 10.7. The van der Waals surface area contributed by atoms with E-state index in [9.17, 15) is 4.79 Å². The van der Waals surface area contributed by atoms with Crippen LogP contribution >= 0.6 is 0 Å². The van der Waals surface area contributed by atoms with Gasteiger partial charge in [-0.25, -0.2) is 0 Å². The number of hydrogen-bond donors (Lipinski definition) is 0. The number of ether oxygens (including phenoxy) is 1. The first-order valence-electron chi connectivity index (χ1n) is 8.41. The SMILES string of the molecule is Cc1ccc(CN2C[C@H]3C[C@@H](C(=O)N4CCCC4)[C@@H](C2)O3)o1. The van der Waals surface area contributed by atoms with Gasteiger partial charge in [0.1, 0.15) is 11.5 Å². The van der Waals surface area contributed by atoms with E-state index in [-0.39, 0.29) is 18.1 Å². The zero-order valence-electron chi connectivity index (χ0n) is 13.2. The van der Waals surface area contributed by atoms with Gasteiger partial charge in [-0.1, -0.05) is 0 Å². The number of amides is 1. The van der Waals surface area contributed by atoms with Gasteiger partial charge in [-0.05, 0) is 38.3 Å². The second kappa shape index (κ2) is 5.70. The minimum absolute atomic E-state index is 0.0582. The van der Waals surface area contributed by atoms with Crippen LogP contribution < -0.4 is 0 Å². The van der Waals surface area contributed by atoms with Crippen LogP contribution in [-0.2, 0) is 16.1 Å². The van der Waals surface area contributed by atoms with Crippen molar-refractivity contribution in [3.8, 4) is 0 Å². The van der Waals surface area contributed by atoms with Gasteiger partial charge < -0.3 is 14.1 Å². The van der Waals surface area contributed by atoms with Crippen molar-refractivity contribution in [2.75, 3.05) is 26.2 Å². The van der Waals surface area contributed by atoms with Crippen molar-refractivity contribution < 1.29 is 13.9 Å². The zero-order chi connectivity index (χ0) is 15.1. The fourth-order valence-corrected chi connectivity index (χ4v) is 4.09. The number of carbonyl (C=O) groups is 1. The molecule has 120 valence electrons. The molecule has 5 nitrogen and oxygen atoms in total. The van der Waals surface area contributed by atoms with Crippen molar-refractivity contribution in [3.63, 3.8) is 0 Å². The number of morpholine rings is 1. The molecule has 3 aliphatic rings. The molecule has 2 bridgehead atoms. The van der Waals surface area contributed by atoms with Gasteiger partial charge in [0.2, 0.25) is 5.91 Å². The molecule has 0 aromatic carbocycles. The first kappa shape index (κ1) is 14.3. The molecule has 1 amide bonds. The number of likely N-dealkylation sites (tertiary alicyclic amines) is 2. The third-order valence-electron chi connectivity index (χ3n) is 5.14. The number of rotatable bonds is 3. The van der Waals surface area contributed by atoms with Crippen LogP contribution in [0.4, 0.5) is 0 Å². The molecule has 0 aliphatic carbocycles. The summed E-state index contributed by atoms with van der Waals surface area (Å²) in [6, 6.07) is 4.05. The van der Waals surface area contributed by atoms with Crippen LogP contribution in [0.15, 0.2) is 16.5 Å². The van der Waals surface area contributed by atoms with Crippen LogP contribution in [0, 0.1) is 12.8 Å². The molecule has 3 saturated heterocycles. The van der Waals surface area contributed by atoms with Crippen molar-refractivity contribution in [2.45, 2.75) is 44.9 Å². The van der Waals surface area contributed by atoms with Crippen molar-refractivity contribution in [2.24, 2.45) is 5.92 Å². The normalized spacial score (nSPS) is 31.9. The van der Waals surface area contributed by atoms with Gasteiger partial charge in [-0.3, -0.25) is 9.69 Å². The molecule has 0 saturated carbocycles. The van der Waals surface area contributed by atoms with E-state index in [2.05, 4.69) is 4.90 Å². The summed E-state index contributed by atoms with van der Waals surface area (Å²) in [7, 11) is 0. The standard InChI is InChI=1S/C17H24N2O3/c1-12-4-5-13(21-12)9-18-10-14-8-15(16(11-18)22-14)17(20)19-6-2-3-7-19/h4-5,14-16H,2-3,6-11H2,1H3/t14-,15-,16-/m1/s1. The highest BCUT2D eigenvalue weighted by Gasteiger charge is 2.46. The van der Waals surface area contributed by atoms with E-state index in [4.69, 9.17) is 9.15 Å². The Morgan fingerprint density at radius 1 is 1.27 bits per heavy atom. The van der Waals surface area contributed by atoms with Crippen LogP contribution in [0.2, 0.25) is 0 Å². The minimum Gasteiger partial charge on any atom is -0.465 e. The molecule has 4 rings (SSSR count). The van der Waals surface area contributed by atoms with Crippen LogP contribution in [0.5, 0.6) is 0 Å². The van der Waals surface area contributed by atoms with E-state index >= 15 is 0 Å². The highest BCUT2D eigenvalue weighted by Crippen LogP contribution is 2.34. The largest absolute Gasteiger partial charge is 0.465 e. The Labute approximate surface area is 131 Å². The average Bonchev–Trinajstić information content (AvgIpc) is 3.20. The lowest BCUT2D eigenvalue weighted by atomic mass is 9.99. The fraction of sp³-hybridized carbons (Fsp3) is 0.706. The van der Waals surface area contributed by atoms with E-state index in [0.29, 0.717) is 5.91 Å². The van der Waals surface area contributed by atoms with Crippen molar-refractivity contribution >= 4 is 5.91 Å². The third kappa shape index (κ3) is 2.68. The number of fused-ring (bicyclic) bond motifs is 2. The topological polar surface area (TPSA) is 45.9 Å². The van der Waals surface area contributed by atoms with Gasteiger partial charge in [0, 0.05) is 26.2 Å². The highest BCUT2D eigenvalue weighted by molar-refractivity contribution is 5.80. The van der Waals surface area contributed by atoms with E-state index < -0.39 is 0 Å². The predicted octanol–water partition coefficient (Wildman–Crippen LogP) is 1.80. The number of nitrogens with zero attached hydrogens (tertiary/aromatic N) is 2. The lowest BCUT2D eigenvalue weighted by molar-refractivity contribution is -0.137. The van der Waals surface area contributed by atoms with Gasteiger partial charge in [0.25, 0.3) is 0 Å². The molecule has 3 aliphatic heterocycles. The number of carbonyl (C=O) groups excluding carboxylic acids is 1. The molecular formula is C17H24N2O3. The van der Waals surface area contributed by atoms with E-state index in [1.54, 1.807) is 0 Å². The maximum absolute atomic E-state index is 12.7. The summed E-state index contributed by atoms with van der Waals surface area (Å²) >= 11 is 0. The number of hydrogen-bond acceptors (Lipinski definition) is 4. The molecule has 0 N–H and O–H groups in total. The Bertz CT molecular complexity index is 550. The Morgan fingerprint density at radius 2 is 2.09 bits per heavy atom.